The Bertz CT molecular complexity index is 77.9. The molecule has 0 unspecified atom stereocenters. The van der Waals surface area contributed by atoms with Crippen molar-refractivity contribution >= 4 is 0 Å². The van der Waals surface area contributed by atoms with Gasteiger partial charge in [0.2, 0.25) is 0 Å². The van der Waals surface area contributed by atoms with E-state index in [9.17, 15) is 0 Å². The number of hydrogen-bond acceptors (Lipinski definition) is 2. The van der Waals surface area contributed by atoms with E-state index in [-0.39, 0.29) is 0 Å². The van der Waals surface area contributed by atoms with E-state index in [2.05, 4.69) is 31.0 Å². The average Bonchev–Trinajstić information content (AvgIpc) is 2.06. The van der Waals surface area contributed by atoms with Crippen molar-refractivity contribution < 1.29 is 0 Å². The average molecular weight is 172 g/mol. The highest BCUT2D eigenvalue weighted by molar-refractivity contribution is 4.57. The van der Waals surface area contributed by atoms with Crippen molar-refractivity contribution in [1.29, 1.82) is 0 Å². The summed E-state index contributed by atoms with van der Waals surface area (Å²) in [6.07, 6.45) is 2.54. The molecule has 0 atom stereocenters. The summed E-state index contributed by atoms with van der Waals surface area (Å²) in [4.78, 5) is 2.53. The molecule has 2 heteroatoms. The summed E-state index contributed by atoms with van der Waals surface area (Å²) in [7, 11) is 0. The van der Waals surface area contributed by atoms with E-state index < -0.39 is 0 Å². The van der Waals surface area contributed by atoms with Crippen LogP contribution in [-0.4, -0.2) is 37.6 Å². The molecule has 0 radical (unpaired) electrons. The van der Waals surface area contributed by atoms with Crippen molar-refractivity contribution in [2.24, 2.45) is 0 Å². The van der Waals surface area contributed by atoms with Gasteiger partial charge in [0.15, 0.2) is 0 Å². The van der Waals surface area contributed by atoms with Gasteiger partial charge in [0.25, 0.3) is 0 Å². The molecule has 12 heavy (non-hydrogen) atoms. The molecule has 0 aromatic heterocycles. The molecular formula is C10H24N2. The number of hydrogen-bond donors (Lipinski definition) is 1. The highest BCUT2D eigenvalue weighted by atomic mass is 15.1. The SMILES string of the molecule is CCCN(CCC)CCNCC. The Hall–Kier alpha value is -0.0800. The summed E-state index contributed by atoms with van der Waals surface area (Å²) in [5, 5.41) is 3.35. The first-order valence-electron chi connectivity index (χ1n) is 5.28. The van der Waals surface area contributed by atoms with Crippen molar-refractivity contribution in [3.05, 3.63) is 0 Å². The molecule has 74 valence electrons. The number of rotatable bonds is 8. The lowest BCUT2D eigenvalue weighted by molar-refractivity contribution is 0.275. The Morgan fingerprint density at radius 3 is 1.92 bits per heavy atom. The molecule has 0 aromatic rings. The zero-order chi connectivity index (χ0) is 9.23. The molecule has 0 fully saturated rings. The standard InChI is InChI=1S/C10H24N2/c1-4-8-12(9-5-2)10-7-11-6-3/h11H,4-10H2,1-3H3. The molecule has 0 saturated carbocycles. The molecule has 2 nitrogen and oxygen atoms in total. The Morgan fingerprint density at radius 2 is 1.50 bits per heavy atom. The smallest absolute Gasteiger partial charge is 0.0107 e. The molecule has 1 N–H and O–H groups in total. The van der Waals surface area contributed by atoms with Crippen LogP contribution in [0.2, 0.25) is 0 Å². The van der Waals surface area contributed by atoms with Gasteiger partial charge >= 0.3 is 0 Å². The van der Waals surface area contributed by atoms with Crippen molar-refractivity contribution in [3.63, 3.8) is 0 Å². The van der Waals surface area contributed by atoms with Gasteiger partial charge in [-0.05, 0) is 32.5 Å². The minimum absolute atomic E-state index is 1.09. The van der Waals surface area contributed by atoms with E-state index in [4.69, 9.17) is 0 Å². The monoisotopic (exact) mass is 172 g/mol. The Morgan fingerprint density at radius 1 is 0.917 bits per heavy atom. The van der Waals surface area contributed by atoms with Crippen LogP contribution in [0.5, 0.6) is 0 Å². The second-order valence-corrected chi connectivity index (χ2v) is 3.20. The molecule has 0 aliphatic carbocycles. The maximum atomic E-state index is 3.35. The summed E-state index contributed by atoms with van der Waals surface area (Å²) in [5.41, 5.74) is 0. The molecule has 0 spiro atoms. The van der Waals surface area contributed by atoms with Crippen LogP contribution in [0, 0.1) is 0 Å². The van der Waals surface area contributed by atoms with Crippen LogP contribution >= 0.6 is 0 Å². The van der Waals surface area contributed by atoms with E-state index in [1.54, 1.807) is 0 Å². The van der Waals surface area contributed by atoms with E-state index in [1.165, 1.54) is 32.5 Å². The van der Waals surface area contributed by atoms with Gasteiger partial charge in [0.1, 0.15) is 0 Å². The maximum Gasteiger partial charge on any atom is 0.0107 e. The predicted octanol–water partition coefficient (Wildman–Crippen LogP) is 1.72. The maximum absolute atomic E-state index is 3.35. The molecule has 0 aliphatic heterocycles. The Balaban J connectivity index is 3.34. The van der Waals surface area contributed by atoms with Crippen molar-refractivity contribution in [2.45, 2.75) is 33.6 Å². The van der Waals surface area contributed by atoms with E-state index in [1.807, 2.05) is 0 Å². The molecule has 0 amide bonds. The van der Waals surface area contributed by atoms with Gasteiger partial charge in [-0.1, -0.05) is 20.8 Å². The number of likely N-dealkylation sites (N-methyl/N-ethyl adjacent to an activating group) is 1. The normalized spacial score (nSPS) is 11.0. The lowest BCUT2D eigenvalue weighted by Gasteiger charge is -2.20. The third-order valence-corrected chi connectivity index (χ3v) is 1.93. The van der Waals surface area contributed by atoms with Gasteiger partial charge in [-0.3, -0.25) is 0 Å². The van der Waals surface area contributed by atoms with Crippen LogP contribution in [0.25, 0.3) is 0 Å². The van der Waals surface area contributed by atoms with Crippen LogP contribution in [0.15, 0.2) is 0 Å². The summed E-state index contributed by atoms with van der Waals surface area (Å²) < 4.78 is 0. The summed E-state index contributed by atoms with van der Waals surface area (Å²) in [6.45, 7) is 12.6. The number of nitrogens with one attached hydrogen (secondary N) is 1. The zero-order valence-electron chi connectivity index (χ0n) is 8.90. The lowest BCUT2D eigenvalue weighted by atomic mass is 10.3. The third kappa shape index (κ3) is 6.62. The Labute approximate surface area is 77.3 Å². The fourth-order valence-corrected chi connectivity index (χ4v) is 1.38. The number of nitrogens with zero attached hydrogens (tertiary/aromatic N) is 1. The topological polar surface area (TPSA) is 15.3 Å². The second kappa shape index (κ2) is 9.01. The molecule has 0 aromatic carbocycles. The van der Waals surface area contributed by atoms with Gasteiger partial charge in [-0.25, -0.2) is 0 Å². The van der Waals surface area contributed by atoms with Crippen LogP contribution in [0.4, 0.5) is 0 Å². The molecular weight excluding hydrogens is 148 g/mol. The van der Waals surface area contributed by atoms with E-state index >= 15 is 0 Å². The first kappa shape index (κ1) is 11.9. The highest BCUT2D eigenvalue weighted by Crippen LogP contribution is 1.92. The summed E-state index contributed by atoms with van der Waals surface area (Å²) in [6, 6.07) is 0. The molecule has 0 saturated heterocycles. The third-order valence-electron chi connectivity index (χ3n) is 1.93. The second-order valence-electron chi connectivity index (χ2n) is 3.20. The van der Waals surface area contributed by atoms with Gasteiger partial charge in [0, 0.05) is 13.1 Å². The minimum atomic E-state index is 1.09. The summed E-state index contributed by atoms with van der Waals surface area (Å²) in [5.74, 6) is 0. The lowest BCUT2D eigenvalue weighted by Crippen LogP contribution is -2.33. The van der Waals surface area contributed by atoms with Gasteiger partial charge in [0.05, 0.1) is 0 Å². The van der Waals surface area contributed by atoms with E-state index in [0.29, 0.717) is 0 Å². The molecule has 0 aliphatic rings. The predicted molar refractivity (Wildman–Crippen MR) is 55.6 cm³/mol. The Kier molecular flexibility index (Phi) is 8.95. The van der Waals surface area contributed by atoms with Crippen LogP contribution in [-0.2, 0) is 0 Å². The van der Waals surface area contributed by atoms with E-state index in [0.717, 1.165) is 13.1 Å². The quantitative estimate of drug-likeness (QED) is 0.561. The van der Waals surface area contributed by atoms with Crippen molar-refractivity contribution in [1.82, 2.24) is 10.2 Å². The molecule has 0 bridgehead atoms. The highest BCUT2D eigenvalue weighted by Gasteiger charge is 1.99. The first-order valence-corrected chi connectivity index (χ1v) is 5.28. The van der Waals surface area contributed by atoms with Crippen molar-refractivity contribution in [2.75, 3.05) is 32.7 Å². The largest absolute Gasteiger partial charge is 0.316 e. The van der Waals surface area contributed by atoms with Gasteiger partial charge in [-0.2, -0.15) is 0 Å². The zero-order valence-corrected chi connectivity index (χ0v) is 8.90. The first-order chi connectivity index (χ1) is 5.85. The minimum Gasteiger partial charge on any atom is -0.316 e. The van der Waals surface area contributed by atoms with Crippen molar-refractivity contribution in [3.8, 4) is 0 Å². The molecule has 0 rings (SSSR count). The fourth-order valence-electron chi connectivity index (χ4n) is 1.38. The van der Waals surface area contributed by atoms with Gasteiger partial charge < -0.3 is 10.2 Å². The van der Waals surface area contributed by atoms with Gasteiger partial charge in [-0.15, -0.1) is 0 Å². The summed E-state index contributed by atoms with van der Waals surface area (Å²) >= 11 is 0. The fraction of sp³-hybridized carbons (Fsp3) is 1.00. The molecule has 0 heterocycles. The van der Waals surface area contributed by atoms with Crippen LogP contribution in [0.3, 0.4) is 0 Å². The van der Waals surface area contributed by atoms with Crippen LogP contribution < -0.4 is 5.32 Å². The van der Waals surface area contributed by atoms with Crippen LogP contribution in [0.1, 0.15) is 33.6 Å².